The van der Waals surface area contributed by atoms with Gasteiger partial charge >= 0.3 is 5.97 Å². The van der Waals surface area contributed by atoms with Crippen molar-refractivity contribution < 1.29 is 19.0 Å². The quantitative estimate of drug-likeness (QED) is 0.758. The van der Waals surface area contributed by atoms with Crippen molar-refractivity contribution in [3.05, 3.63) is 63.4 Å². The standard InChI is InChI=1S/C15H9BrClFO3/c16-11-8-10(17)5-6-13(11)21-15-9(4-7-14(19)20)2-1-3-12(15)18/h1-8H,(H,19,20)/b7-4+. The van der Waals surface area contributed by atoms with E-state index >= 15 is 0 Å². The topological polar surface area (TPSA) is 46.5 Å². The van der Waals surface area contributed by atoms with Crippen molar-refractivity contribution in [2.75, 3.05) is 0 Å². The normalized spacial score (nSPS) is 10.8. The molecule has 0 atom stereocenters. The molecular formula is C15H9BrClFO3. The Balaban J connectivity index is 2.41. The van der Waals surface area contributed by atoms with Crippen LogP contribution in [0.4, 0.5) is 4.39 Å². The first kappa shape index (κ1) is 15.5. The van der Waals surface area contributed by atoms with Crippen LogP contribution in [0.25, 0.3) is 6.08 Å². The molecule has 2 rings (SSSR count). The second kappa shape index (κ2) is 6.74. The molecule has 0 aromatic heterocycles. The summed E-state index contributed by atoms with van der Waals surface area (Å²) < 4.78 is 20.0. The molecule has 0 aliphatic heterocycles. The molecule has 0 aliphatic carbocycles. The van der Waals surface area contributed by atoms with Crippen molar-refractivity contribution in [3.63, 3.8) is 0 Å². The van der Waals surface area contributed by atoms with Gasteiger partial charge in [-0.2, -0.15) is 0 Å². The molecule has 108 valence electrons. The van der Waals surface area contributed by atoms with Gasteiger partial charge in [-0.05, 0) is 46.3 Å². The van der Waals surface area contributed by atoms with Crippen LogP contribution in [0, 0.1) is 5.82 Å². The Bertz CT molecular complexity index is 716. The monoisotopic (exact) mass is 370 g/mol. The fourth-order valence-corrected chi connectivity index (χ4v) is 2.36. The van der Waals surface area contributed by atoms with Crippen molar-refractivity contribution in [2.45, 2.75) is 0 Å². The molecule has 0 heterocycles. The van der Waals surface area contributed by atoms with E-state index < -0.39 is 11.8 Å². The van der Waals surface area contributed by atoms with Crippen LogP contribution in [0.5, 0.6) is 11.5 Å². The van der Waals surface area contributed by atoms with Crippen LogP contribution >= 0.6 is 27.5 Å². The third-order valence-corrected chi connectivity index (χ3v) is 3.36. The zero-order valence-corrected chi connectivity index (χ0v) is 12.9. The van der Waals surface area contributed by atoms with Gasteiger partial charge in [0.15, 0.2) is 11.6 Å². The van der Waals surface area contributed by atoms with Crippen LogP contribution in [0.15, 0.2) is 46.9 Å². The van der Waals surface area contributed by atoms with E-state index in [0.29, 0.717) is 20.8 Å². The number of hydrogen-bond acceptors (Lipinski definition) is 2. The number of carboxylic acid groups (broad SMARTS) is 1. The molecule has 2 aromatic carbocycles. The summed E-state index contributed by atoms with van der Waals surface area (Å²) in [6.07, 6.45) is 2.18. The number of benzene rings is 2. The summed E-state index contributed by atoms with van der Waals surface area (Å²) >= 11 is 9.10. The fourth-order valence-electron chi connectivity index (χ4n) is 1.59. The summed E-state index contributed by atoms with van der Waals surface area (Å²) in [4.78, 5) is 10.6. The molecule has 2 aromatic rings. The predicted molar refractivity (Wildman–Crippen MR) is 82.3 cm³/mol. The maximum atomic E-state index is 13.9. The molecule has 0 spiro atoms. The van der Waals surface area contributed by atoms with Gasteiger partial charge in [0.2, 0.25) is 0 Å². The number of carboxylic acids is 1. The molecular weight excluding hydrogens is 363 g/mol. The molecule has 21 heavy (non-hydrogen) atoms. The summed E-state index contributed by atoms with van der Waals surface area (Å²) in [6, 6.07) is 9.07. The molecule has 0 aliphatic rings. The summed E-state index contributed by atoms with van der Waals surface area (Å²) in [7, 11) is 0. The SMILES string of the molecule is O=C(O)/C=C/c1cccc(F)c1Oc1ccc(Cl)cc1Br. The van der Waals surface area contributed by atoms with Gasteiger partial charge in [-0.3, -0.25) is 0 Å². The van der Waals surface area contributed by atoms with Crippen molar-refractivity contribution in [1.82, 2.24) is 0 Å². The Morgan fingerprint density at radius 2 is 2.10 bits per heavy atom. The average Bonchev–Trinajstić information content (AvgIpc) is 2.42. The number of para-hydroxylation sites is 1. The second-order valence-corrected chi connectivity index (χ2v) is 5.30. The van der Waals surface area contributed by atoms with Gasteiger partial charge in [-0.25, -0.2) is 9.18 Å². The zero-order valence-electron chi connectivity index (χ0n) is 10.5. The minimum atomic E-state index is -1.13. The Morgan fingerprint density at radius 3 is 2.76 bits per heavy atom. The first-order valence-corrected chi connectivity index (χ1v) is 6.97. The summed E-state index contributed by atoms with van der Waals surface area (Å²) in [5, 5.41) is 9.16. The molecule has 0 fully saturated rings. The van der Waals surface area contributed by atoms with Gasteiger partial charge < -0.3 is 9.84 Å². The lowest BCUT2D eigenvalue weighted by molar-refractivity contribution is -0.131. The van der Waals surface area contributed by atoms with Crippen LogP contribution in [-0.4, -0.2) is 11.1 Å². The van der Waals surface area contributed by atoms with Crippen LogP contribution in [0.1, 0.15) is 5.56 Å². The highest BCUT2D eigenvalue weighted by Gasteiger charge is 2.11. The molecule has 3 nitrogen and oxygen atoms in total. The van der Waals surface area contributed by atoms with Gasteiger partial charge in [0.05, 0.1) is 4.47 Å². The van der Waals surface area contributed by atoms with E-state index in [2.05, 4.69) is 15.9 Å². The molecule has 0 saturated carbocycles. The zero-order chi connectivity index (χ0) is 15.4. The lowest BCUT2D eigenvalue weighted by Gasteiger charge is -2.11. The van der Waals surface area contributed by atoms with E-state index in [1.807, 2.05) is 0 Å². The highest BCUT2D eigenvalue weighted by molar-refractivity contribution is 9.10. The van der Waals surface area contributed by atoms with Crippen LogP contribution in [0.3, 0.4) is 0 Å². The number of carbonyl (C=O) groups is 1. The molecule has 1 N–H and O–H groups in total. The summed E-state index contributed by atoms with van der Waals surface area (Å²) in [5.41, 5.74) is 0.319. The first-order valence-electron chi connectivity index (χ1n) is 5.80. The smallest absolute Gasteiger partial charge is 0.328 e. The Hall–Kier alpha value is -1.85. The van der Waals surface area contributed by atoms with E-state index in [9.17, 15) is 9.18 Å². The van der Waals surface area contributed by atoms with Gasteiger partial charge in [0.1, 0.15) is 5.75 Å². The maximum absolute atomic E-state index is 13.9. The lowest BCUT2D eigenvalue weighted by Crippen LogP contribution is -1.93. The molecule has 6 heteroatoms. The van der Waals surface area contributed by atoms with E-state index in [1.165, 1.54) is 18.2 Å². The fraction of sp³-hybridized carbons (Fsp3) is 0. The summed E-state index contributed by atoms with van der Waals surface area (Å²) in [5.74, 6) is -1.41. The second-order valence-electron chi connectivity index (χ2n) is 4.01. The van der Waals surface area contributed by atoms with Crippen molar-refractivity contribution in [3.8, 4) is 11.5 Å². The third kappa shape index (κ3) is 4.06. The maximum Gasteiger partial charge on any atom is 0.328 e. The van der Waals surface area contributed by atoms with Gasteiger partial charge in [-0.1, -0.05) is 23.7 Å². The largest absolute Gasteiger partial charge is 0.478 e. The highest BCUT2D eigenvalue weighted by Crippen LogP contribution is 2.35. The predicted octanol–water partition coefficient (Wildman–Crippen LogP) is 5.13. The minimum Gasteiger partial charge on any atom is -0.478 e. The van der Waals surface area contributed by atoms with Crippen molar-refractivity contribution in [1.29, 1.82) is 0 Å². The van der Waals surface area contributed by atoms with E-state index in [1.54, 1.807) is 24.3 Å². The van der Waals surface area contributed by atoms with E-state index in [0.717, 1.165) is 6.08 Å². The number of hydrogen-bond donors (Lipinski definition) is 1. The van der Waals surface area contributed by atoms with Gasteiger partial charge in [0, 0.05) is 16.7 Å². The van der Waals surface area contributed by atoms with Crippen molar-refractivity contribution >= 4 is 39.6 Å². The Kier molecular flexibility index (Phi) is 4.98. The number of halogens is 3. The third-order valence-electron chi connectivity index (χ3n) is 2.51. The van der Waals surface area contributed by atoms with Crippen LogP contribution in [0.2, 0.25) is 5.02 Å². The number of rotatable bonds is 4. The van der Waals surface area contributed by atoms with E-state index in [-0.39, 0.29) is 5.75 Å². The lowest BCUT2D eigenvalue weighted by atomic mass is 10.1. The average molecular weight is 372 g/mol. The van der Waals surface area contributed by atoms with Crippen LogP contribution in [-0.2, 0) is 4.79 Å². The van der Waals surface area contributed by atoms with Crippen molar-refractivity contribution in [2.24, 2.45) is 0 Å². The van der Waals surface area contributed by atoms with E-state index in [4.69, 9.17) is 21.4 Å². The Morgan fingerprint density at radius 1 is 1.33 bits per heavy atom. The molecule has 0 bridgehead atoms. The molecule has 0 amide bonds. The minimum absolute atomic E-state index is 0.0574. The molecule has 0 radical (unpaired) electrons. The summed E-state index contributed by atoms with van der Waals surface area (Å²) in [6.45, 7) is 0. The van der Waals surface area contributed by atoms with Gasteiger partial charge in [0.25, 0.3) is 0 Å². The van der Waals surface area contributed by atoms with Crippen LogP contribution < -0.4 is 4.74 Å². The first-order chi connectivity index (χ1) is 9.97. The van der Waals surface area contributed by atoms with Gasteiger partial charge in [-0.15, -0.1) is 0 Å². The number of aliphatic carboxylic acids is 1. The number of ether oxygens (including phenoxy) is 1. The molecule has 0 unspecified atom stereocenters. The highest BCUT2D eigenvalue weighted by atomic mass is 79.9. The Labute approximate surface area is 133 Å². The molecule has 0 saturated heterocycles.